The van der Waals surface area contributed by atoms with Crippen LogP contribution < -0.4 is 5.32 Å². The highest BCUT2D eigenvalue weighted by atomic mass is 35.5. The molecule has 12 heteroatoms. The normalized spacial score (nSPS) is 28.0. The van der Waals surface area contributed by atoms with E-state index in [1.54, 1.807) is 0 Å². The summed E-state index contributed by atoms with van der Waals surface area (Å²) in [7, 11) is -4.10. The lowest BCUT2D eigenvalue weighted by molar-refractivity contribution is -0.141. The monoisotopic (exact) mass is 491 g/mol. The van der Waals surface area contributed by atoms with Crippen LogP contribution in [0.2, 0.25) is 10.0 Å². The zero-order valence-electron chi connectivity index (χ0n) is 15.9. The van der Waals surface area contributed by atoms with Crippen LogP contribution in [-0.2, 0) is 19.4 Å². The van der Waals surface area contributed by atoms with Crippen LogP contribution in [0, 0.1) is 17.2 Å². The predicted molar refractivity (Wildman–Crippen MR) is 106 cm³/mol. The predicted octanol–water partition coefficient (Wildman–Crippen LogP) is 2.56. The number of alkyl halides is 2. The van der Waals surface area contributed by atoms with Crippen LogP contribution in [-0.4, -0.2) is 54.4 Å². The lowest BCUT2D eigenvalue weighted by Gasteiger charge is -2.24. The molecule has 1 aliphatic heterocycles. The van der Waals surface area contributed by atoms with Gasteiger partial charge in [0.1, 0.15) is 17.5 Å². The lowest BCUT2D eigenvalue weighted by Crippen LogP contribution is -2.50. The summed E-state index contributed by atoms with van der Waals surface area (Å²) in [5.41, 5.74) is -1.05. The second-order valence-corrected chi connectivity index (χ2v) is 11.2. The van der Waals surface area contributed by atoms with Gasteiger partial charge in [-0.25, -0.2) is 17.2 Å². The Morgan fingerprint density at radius 1 is 1.26 bits per heavy atom. The first-order valence-electron chi connectivity index (χ1n) is 9.51. The van der Waals surface area contributed by atoms with Crippen LogP contribution >= 0.6 is 23.2 Å². The molecule has 0 aromatic heterocycles. The molecule has 2 aliphatic carbocycles. The Morgan fingerprint density at radius 2 is 1.90 bits per heavy atom. The number of nitriles is 1. The SMILES string of the molecule is N#CC1(NC(=O)[C@@H]2C[C@@H](S(=O)(=O)c3ccc(Cl)cc3Cl)CN2C(=O)C2CC2(F)F)CC1. The van der Waals surface area contributed by atoms with Crippen molar-refractivity contribution < 1.29 is 26.8 Å². The zero-order valence-corrected chi connectivity index (χ0v) is 18.3. The molecule has 3 fully saturated rings. The van der Waals surface area contributed by atoms with E-state index < -0.39 is 63.3 Å². The number of sulfone groups is 1. The molecule has 0 spiro atoms. The van der Waals surface area contributed by atoms with Crippen molar-refractivity contribution in [1.82, 2.24) is 10.2 Å². The van der Waals surface area contributed by atoms with Gasteiger partial charge in [-0.2, -0.15) is 5.26 Å². The van der Waals surface area contributed by atoms with Crippen molar-refractivity contribution in [2.45, 2.75) is 53.3 Å². The van der Waals surface area contributed by atoms with Crippen molar-refractivity contribution in [3.05, 3.63) is 28.2 Å². The molecule has 7 nitrogen and oxygen atoms in total. The van der Waals surface area contributed by atoms with E-state index in [0.29, 0.717) is 12.8 Å². The summed E-state index contributed by atoms with van der Waals surface area (Å²) in [4.78, 5) is 26.2. The molecule has 1 aromatic carbocycles. The maximum atomic E-state index is 13.5. The molecule has 2 amide bonds. The van der Waals surface area contributed by atoms with E-state index in [1.165, 1.54) is 18.2 Å². The molecule has 3 aliphatic rings. The molecule has 1 heterocycles. The van der Waals surface area contributed by atoms with Crippen LogP contribution in [0.5, 0.6) is 0 Å². The molecule has 0 radical (unpaired) electrons. The van der Waals surface area contributed by atoms with Gasteiger partial charge in [-0.3, -0.25) is 9.59 Å². The number of nitrogens with zero attached hydrogens (tertiary/aromatic N) is 2. The zero-order chi connectivity index (χ0) is 22.8. The Morgan fingerprint density at radius 3 is 2.42 bits per heavy atom. The van der Waals surface area contributed by atoms with Crippen LogP contribution in [0.25, 0.3) is 0 Å². The van der Waals surface area contributed by atoms with E-state index in [9.17, 15) is 32.0 Å². The quantitative estimate of drug-likeness (QED) is 0.680. The van der Waals surface area contributed by atoms with Gasteiger partial charge in [0.2, 0.25) is 11.8 Å². The molecular formula is C19H17Cl2F2N3O4S. The molecule has 4 rings (SSSR count). The van der Waals surface area contributed by atoms with Gasteiger partial charge >= 0.3 is 0 Å². The van der Waals surface area contributed by atoms with Crippen molar-refractivity contribution in [3.63, 3.8) is 0 Å². The van der Waals surface area contributed by atoms with Crippen molar-refractivity contribution >= 4 is 44.9 Å². The van der Waals surface area contributed by atoms with Crippen molar-refractivity contribution in [1.29, 1.82) is 5.26 Å². The Bertz CT molecular complexity index is 1120. The summed E-state index contributed by atoms with van der Waals surface area (Å²) in [6, 6.07) is 4.52. The van der Waals surface area contributed by atoms with Crippen molar-refractivity contribution in [3.8, 4) is 6.07 Å². The fraction of sp³-hybridized carbons (Fsp3) is 0.526. The number of rotatable bonds is 5. The van der Waals surface area contributed by atoms with Gasteiger partial charge in [0, 0.05) is 18.0 Å². The molecule has 1 N–H and O–H groups in total. The molecule has 1 aromatic rings. The number of halogens is 4. The Balaban J connectivity index is 1.63. The molecule has 3 atom stereocenters. The van der Waals surface area contributed by atoms with Crippen molar-refractivity contribution in [2.24, 2.45) is 5.92 Å². The fourth-order valence-corrected chi connectivity index (χ4v) is 6.26. The van der Waals surface area contributed by atoms with Crippen LogP contribution in [0.4, 0.5) is 8.78 Å². The van der Waals surface area contributed by atoms with Gasteiger partial charge in [-0.15, -0.1) is 0 Å². The van der Waals surface area contributed by atoms with Crippen LogP contribution in [0.15, 0.2) is 23.1 Å². The third kappa shape index (κ3) is 3.99. The summed E-state index contributed by atoms with van der Waals surface area (Å²) in [6.45, 7) is -0.426. The van der Waals surface area contributed by atoms with E-state index in [1.807, 2.05) is 6.07 Å². The summed E-state index contributed by atoms with van der Waals surface area (Å²) in [5, 5.41) is 10.6. The minimum absolute atomic E-state index is 0.117. The van der Waals surface area contributed by atoms with Crippen molar-refractivity contribution in [2.75, 3.05) is 6.54 Å². The van der Waals surface area contributed by atoms with Gasteiger partial charge in [0.25, 0.3) is 5.92 Å². The van der Waals surface area contributed by atoms with Gasteiger partial charge in [0.05, 0.1) is 21.2 Å². The van der Waals surface area contributed by atoms with Gasteiger partial charge in [-0.1, -0.05) is 23.2 Å². The highest BCUT2D eigenvalue weighted by Crippen LogP contribution is 2.50. The second kappa shape index (κ2) is 7.29. The number of hydrogen-bond acceptors (Lipinski definition) is 5. The number of amides is 2. The summed E-state index contributed by atoms with van der Waals surface area (Å²) in [5.74, 6) is -6.43. The number of carbonyl (C=O) groups excluding carboxylic acids is 2. The highest BCUT2D eigenvalue weighted by Gasteiger charge is 2.64. The number of benzene rings is 1. The van der Waals surface area contributed by atoms with Gasteiger partial charge in [-0.05, 0) is 37.5 Å². The molecule has 1 saturated heterocycles. The third-order valence-corrected chi connectivity index (χ3v) is 8.79. The molecule has 166 valence electrons. The smallest absolute Gasteiger partial charge is 0.260 e. The Labute approximate surface area is 187 Å². The maximum Gasteiger partial charge on any atom is 0.260 e. The molecule has 31 heavy (non-hydrogen) atoms. The van der Waals surface area contributed by atoms with E-state index in [2.05, 4.69) is 5.32 Å². The van der Waals surface area contributed by atoms with Crippen LogP contribution in [0.1, 0.15) is 25.7 Å². The largest absolute Gasteiger partial charge is 0.336 e. The number of carbonyl (C=O) groups is 2. The first kappa shape index (κ1) is 22.2. The van der Waals surface area contributed by atoms with E-state index >= 15 is 0 Å². The summed E-state index contributed by atoms with van der Waals surface area (Å²) < 4.78 is 53.4. The lowest BCUT2D eigenvalue weighted by atomic mass is 10.1. The number of likely N-dealkylation sites (tertiary alicyclic amines) is 1. The third-order valence-electron chi connectivity index (χ3n) is 5.94. The minimum atomic E-state index is -4.10. The highest BCUT2D eigenvalue weighted by molar-refractivity contribution is 7.92. The Hall–Kier alpha value is -1.96. The number of hydrogen-bond donors (Lipinski definition) is 1. The average molecular weight is 492 g/mol. The second-order valence-electron chi connectivity index (χ2n) is 8.18. The first-order valence-corrected chi connectivity index (χ1v) is 11.8. The van der Waals surface area contributed by atoms with Gasteiger partial charge in [0.15, 0.2) is 9.84 Å². The minimum Gasteiger partial charge on any atom is -0.336 e. The average Bonchev–Trinajstić information content (AvgIpc) is 3.53. The maximum absolute atomic E-state index is 13.5. The fourth-order valence-electron chi connectivity index (χ4n) is 3.79. The van der Waals surface area contributed by atoms with E-state index in [4.69, 9.17) is 23.2 Å². The first-order chi connectivity index (χ1) is 14.4. The number of nitrogens with one attached hydrogen (secondary N) is 1. The van der Waals surface area contributed by atoms with Crippen LogP contribution in [0.3, 0.4) is 0 Å². The molecule has 1 unspecified atom stereocenters. The van der Waals surface area contributed by atoms with E-state index in [0.717, 1.165) is 4.90 Å². The Kier molecular flexibility index (Phi) is 5.23. The van der Waals surface area contributed by atoms with E-state index in [-0.39, 0.29) is 21.4 Å². The molecular weight excluding hydrogens is 475 g/mol. The summed E-state index contributed by atoms with van der Waals surface area (Å²) >= 11 is 11.9. The van der Waals surface area contributed by atoms with Gasteiger partial charge < -0.3 is 10.2 Å². The molecule has 2 saturated carbocycles. The molecule has 0 bridgehead atoms. The summed E-state index contributed by atoms with van der Waals surface area (Å²) in [6.07, 6.45) is -0.0741. The topological polar surface area (TPSA) is 107 Å². The standard InChI is InChI=1S/C19H17Cl2F2N3O4S/c20-10-1-2-15(13(21)5-10)31(29,30)11-6-14(16(27)25-18(9-24)3-4-18)26(8-11)17(28)12-7-19(12,22)23/h1-2,5,11-12,14H,3-4,6-8H2,(H,25,27)/t11-,12?,14+/m1/s1.